The van der Waals surface area contributed by atoms with Crippen LogP contribution in [-0.2, 0) is 14.1 Å². The summed E-state index contributed by atoms with van der Waals surface area (Å²) in [7, 11) is -2.83. The zero-order valence-electron chi connectivity index (χ0n) is 12.2. The van der Waals surface area contributed by atoms with Crippen molar-refractivity contribution in [2.24, 2.45) is 0 Å². The van der Waals surface area contributed by atoms with Crippen LogP contribution < -0.4 is 0 Å². The highest BCUT2D eigenvalue weighted by Crippen LogP contribution is 2.40. The molecule has 5 heteroatoms. The van der Waals surface area contributed by atoms with Gasteiger partial charge in [-0.2, -0.15) is 0 Å². The minimum atomic E-state index is -2.83. The number of carbonyl (C=O) groups is 1. The van der Waals surface area contributed by atoms with E-state index in [2.05, 4.69) is 6.58 Å². The minimum absolute atomic E-state index is 0.321. The number of hydrogen-bond donors (Lipinski definition) is 1. The van der Waals surface area contributed by atoms with Crippen LogP contribution in [-0.4, -0.2) is 29.8 Å². The first-order valence-corrected chi connectivity index (χ1v) is 9.05. The van der Waals surface area contributed by atoms with Gasteiger partial charge in [-0.25, -0.2) is 4.79 Å². The fraction of sp³-hybridized carbons (Fsp3) is 0.786. The van der Waals surface area contributed by atoms with Gasteiger partial charge in [0.05, 0.1) is 6.61 Å². The van der Waals surface area contributed by atoms with E-state index in [1.165, 1.54) is 0 Å². The third-order valence-electron chi connectivity index (χ3n) is 2.98. The van der Waals surface area contributed by atoms with Gasteiger partial charge in [0.15, 0.2) is 7.37 Å². The molecular formula is C14H27O4P. The second-order valence-electron chi connectivity index (χ2n) is 4.92. The summed E-state index contributed by atoms with van der Waals surface area (Å²) in [4.78, 5) is 20.5. The van der Waals surface area contributed by atoms with Crippen molar-refractivity contribution in [2.75, 3.05) is 18.9 Å². The Bertz CT molecular complexity index is 325. The van der Waals surface area contributed by atoms with Crippen molar-refractivity contribution in [1.29, 1.82) is 0 Å². The fourth-order valence-corrected chi connectivity index (χ4v) is 2.65. The van der Waals surface area contributed by atoms with Gasteiger partial charge in [0, 0.05) is 17.9 Å². The van der Waals surface area contributed by atoms with Crippen LogP contribution in [0.15, 0.2) is 12.2 Å². The summed E-state index contributed by atoms with van der Waals surface area (Å²) >= 11 is 0. The van der Waals surface area contributed by atoms with Crippen molar-refractivity contribution in [2.45, 2.75) is 52.4 Å². The fourth-order valence-electron chi connectivity index (χ4n) is 1.61. The smallest absolute Gasteiger partial charge is 0.333 e. The minimum Gasteiger partial charge on any atom is -0.462 e. The number of esters is 1. The summed E-state index contributed by atoms with van der Waals surface area (Å²) in [5.74, 6) is -0.321. The summed E-state index contributed by atoms with van der Waals surface area (Å²) in [5, 5.41) is 0. The lowest BCUT2D eigenvalue weighted by Gasteiger charge is -2.08. The van der Waals surface area contributed by atoms with Crippen LogP contribution in [0.1, 0.15) is 52.4 Å². The zero-order chi connectivity index (χ0) is 14.7. The number of rotatable bonds is 11. The van der Waals surface area contributed by atoms with E-state index in [1.54, 1.807) is 13.8 Å². The first kappa shape index (κ1) is 18.4. The summed E-state index contributed by atoms with van der Waals surface area (Å²) in [6.07, 6.45) is 6.67. The van der Waals surface area contributed by atoms with E-state index < -0.39 is 7.37 Å². The normalized spacial score (nSPS) is 13.8. The average molecular weight is 290 g/mol. The lowest BCUT2D eigenvalue weighted by atomic mass is 10.1. The maximum Gasteiger partial charge on any atom is 0.333 e. The van der Waals surface area contributed by atoms with Crippen LogP contribution in [0.25, 0.3) is 0 Å². The molecule has 19 heavy (non-hydrogen) atoms. The lowest BCUT2D eigenvalue weighted by Crippen LogP contribution is -2.05. The van der Waals surface area contributed by atoms with E-state index in [4.69, 9.17) is 4.74 Å². The molecule has 0 aliphatic heterocycles. The molecule has 0 heterocycles. The maximum absolute atomic E-state index is 11.4. The molecule has 0 aromatic rings. The van der Waals surface area contributed by atoms with Gasteiger partial charge in [-0.05, 0) is 19.8 Å². The van der Waals surface area contributed by atoms with Gasteiger partial charge in [0.25, 0.3) is 0 Å². The third-order valence-corrected chi connectivity index (χ3v) is 4.98. The Hall–Kier alpha value is -0.600. The highest BCUT2D eigenvalue weighted by molar-refractivity contribution is 7.57. The molecule has 1 unspecified atom stereocenters. The van der Waals surface area contributed by atoms with Crippen LogP contribution in [0, 0.1) is 0 Å². The maximum atomic E-state index is 11.4. The Labute approximate surface area is 116 Å². The SMILES string of the molecule is C=C(C)C(=O)OCCCCCCCCP(=O)(O)CC. The molecule has 0 aromatic carbocycles. The zero-order valence-corrected chi connectivity index (χ0v) is 13.1. The Kier molecular flexibility index (Phi) is 9.90. The first-order chi connectivity index (χ1) is 8.89. The second kappa shape index (κ2) is 10.2. The molecule has 0 spiro atoms. The summed E-state index contributed by atoms with van der Waals surface area (Å²) in [6, 6.07) is 0. The summed E-state index contributed by atoms with van der Waals surface area (Å²) < 4.78 is 16.4. The molecule has 0 bridgehead atoms. The molecule has 0 radical (unpaired) electrons. The van der Waals surface area contributed by atoms with Gasteiger partial charge >= 0.3 is 5.97 Å². The molecule has 0 amide bonds. The molecule has 0 fully saturated rings. The third kappa shape index (κ3) is 11.0. The Morgan fingerprint density at radius 1 is 1.16 bits per heavy atom. The molecule has 0 aromatic heterocycles. The quantitative estimate of drug-likeness (QED) is 0.272. The van der Waals surface area contributed by atoms with Crippen LogP contribution in [0.3, 0.4) is 0 Å². The number of unbranched alkanes of at least 4 members (excludes halogenated alkanes) is 5. The average Bonchev–Trinajstić information content (AvgIpc) is 2.36. The van der Waals surface area contributed by atoms with E-state index in [0.29, 0.717) is 24.5 Å². The van der Waals surface area contributed by atoms with Gasteiger partial charge < -0.3 is 9.63 Å². The molecule has 1 atom stereocenters. The van der Waals surface area contributed by atoms with Crippen LogP contribution in [0.5, 0.6) is 0 Å². The molecule has 4 nitrogen and oxygen atoms in total. The standard InChI is InChI=1S/C14H27O4P/c1-4-19(16,17)12-10-8-6-5-7-9-11-18-14(15)13(2)3/h2,4-12H2,1,3H3,(H,16,17). The largest absolute Gasteiger partial charge is 0.462 e. The van der Waals surface area contributed by atoms with Gasteiger partial charge in [-0.1, -0.05) is 39.2 Å². The molecule has 0 aliphatic carbocycles. The predicted molar refractivity (Wildman–Crippen MR) is 78.7 cm³/mol. The summed E-state index contributed by atoms with van der Waals surface area (Å²) in [5.41, 5.74) is 0.435. The molecule has 0 aliphatic rings. The monoisotopic (exact) mass is 290 g/mol. The van der Waals surface area contributed by atoms with E-state index in [0.717, 1.165) is 38.5 Å². The van der Waals surface area contributed by atoms with E-state index >= 15 is 0 Å². The summed E-state index contributed by atoms with van der Waals surface area (Å²) in [6.45, 7) is 7.36. The number of ether oxygens (including phenoxy) is 1. The Morgan fingerprint density at radius 2 is 1.68 bits per heavy atom. The highest BCUT2D eigenvalue weighted by Gasteiger charge is 2.13. The van der Waals surface area contributed by atoms with Gasteiger partial charge in [-0.3, -0.25) is 4.57 Å². The first-order valence-electron chi connectivity index (χ1n) is 7.02. The van der Waals surface area contributed by atoms with E-state index in [9.17, 15) is 14.3 Å². The van der Waals surface area contributed by atoms with Crippen LogP contribution >= 0.6 is 7.37 Å². The van der Waals surface area contributed by atoms with E-state index in [-0.39, 0.29) is 5.97 Å². The van der Waals surface area contributed by atoms with E-state index in [1.807, 2.05) is 0 Å². The highest BCUT2D eigenvalue weighted by atomic mass is 31.2. The number of carbonyl (C=O) groups excluding carboxylic acids is 1. The van der Waals surface area contributed by atoms with Crippen molar-refractivity contribution in [1.82, 2.24) is 0 Å². The molecule has 0 saturated heterocycles. The molecular weight excluding hydrogens is 263 g/mol. The van der Waals surface area contributed by atoms with Crippen molar-refractivity contribution in [3.63, 3.8) is 0 Å². The van der Waals surface area contributed by atoms with Gasteiger partial charge in [0.2, 0.25) is 0 Å². The van der Waals surface area contributed by atoms with Crippen molar-refractivity contribution >= 4 is 13.3 Å². The van der Waals surface area contributed by atoms with Crippen molar-refractivity contribution in [3.05, 3.63) is 12.2 Å². The van der Waals surface area contributed by atoms with Crippen LogP contribution in [0.2, 0.25) is 0 Å². The number of hydrogen-bond acceptors (Lipinski definition) is 3. The van der Waals surface area contributed by atoms with Crippen molar-refractivity contribution in [3.8, 4) is 0 Å². The second-order valence-corrected chi connectivity index (χ2v) is 7.70. The van der Waals surface area contributed by atoms with Gasteiger partial charge in [0.1, 0.15) is 0 Å². The topological polar surface area (TPSA) is 63.6 Å². The predicted octanol–water partition coefficient (Wildman–Crippen LogP) is 3.74. The molecule has 0 rings (SSSR count). The molecule has 0 saturated carbocycles. The van der Waals surface area contributed by atoms with Gasteiger partial charge in [-0.15, -0.1) is 0 Å². The Balaban J connectivity index is 3.31. The van der Waals surface area contributed by atoms with Crippen LogP contribution in [0.4, 0.5) is 0 Å². The molecule has 112 valence electrons. The molecule has 1 N–H and O–H groups in total. The lowest BCUT2D eigenvalue weighted by molar-refractivity contribution is -0.139. The van der Waals surface area contributed by atoms with Crippen molar-refractivity contribution < 1.29 is 19.0 Å². The Morgan fingerprint density at radius 3 is 2.21 bits per heavy atom.